The number of rotatable bonds is 1. The monoisotopic (exact) mass is 254 g/mol. The third-order valence-electron chi connectivity index (χ3n) is 4.84. The molecule has 18 heavy (non-hydrogen) atoms. The highest BCUT2D eigenvalue weighted by atomic mass is 16.7. The van der Waals surface area contributed by atoms with Crippen LogP contribution < -0.4 is 5.32 Å². The molecule has 3 aliphatic rings. The van der Waals surface area contributed by atoms with Crippen molar-refractivity contribution in [1.29, 1.82) is 0 Å². The van der Waals surface area contributed by atoms with Crippen molar-refractivity contribution in [1.82, 2.24) is 10.2 Å². The fourth-order valence-electron chi connectivity index (χ4n) is 3.81. The van der Waals surface area contributed by atoms with Crippen molar-refractivity contribution in [3.8, 4) is 0 Å². The van der Waals surface area contributed by atoms with E-state index in [4.69, 9.17) is 9.47 Å². The molecule has 4 heteroatoms. The van der Waals surface area contributed by atoms with Gasteiger partial charge in [-0.3, -0.25) is 4.90 Å². The first-order valence-electron chi connectivity index (χ1n) is 7.37. The van der Waals surface area contributed by atoms with Crippen molar-refractivity contribution in [3.05, 3.63) is 0 Å². The Hall–Kier alpha value is -0.160. The minimum atomic E-state index is -0.214. The van der Waals surface area contributed by atoms with E-state index in [1.165, 1.54) is 19.4 Å². The van der Waals surface area contributed by atoms with Crippen molar-refractivity contribution < 1.29 is 9.47 Å². The average molecular weight is 254 g/mol. The number of ether oxygens (including phenoxy) is 2. The van der Waals surface area contributed by atoms with Crippen molar-refractivity contribution >= 4 is 0 Å². The molecule has 0 radical (unpaired) electrons. The Morgan fingerprint density at radius 2 is 1.78 bits per heavy atom. The van der Waals surface area contributed by atoms with E-state index < -0.39 is 0 Å². The second-order valence-corrected chi connectivity index (χ2v) is 6.52. The molecule has 2 aliphatic heterocycles. The summed E-state index contributed by atoms with van der Waals surface area (Å²) >= 11 is 0. The summed E-state index contributed by atoms with van der Waals surface area (Å²) in [6.07, 6.45) is 4.56. The SMILES string of the molecule is CC1(C)CNCCN1C1CCC2(CC1)OCCO2. The molecule has 3 fully saturated rings. The molecular weight excluding hydrogens is 228 g/mol. The number of nitrogens with one attached hydrogen (secondary N) is 1. The van der Waals surface area contributed by atoms with Crippen LogP contribution in [0.1, 0.15) is 39.5 Å². The van der Waals surface area contributed by atoms with Crippen LogP contribution in [0.4, 0.5) is 0 Å². The molecule has 3 rings (SSSR count). The Morgan fingerprint density at radius 3 is 2.39 bits per heavy atom. The Balaban J connectivity index is 1.61. The topological polar surface area (TPSA) is 33.7 Å². The molecule has 0 aromatic rings. The molecular formula is C14H26N2O2. The van der Waals surface area contributed by atoms with Gasteiger partial charge >= 0.3 is 0 Å². The van der Waals surface area contributed by atoms with Gasteiger partial charge in [0.1, 0.15) is 0 Å². The number of piperazine rings is 1. The standard InChI is InChI=1S/C14H26N2O2/c1-13(2)11-15-7-8-16(13)12-3-5-14(6-4-12)17-9-10-18-14/h12,15H,3-11H2,1-2H3. The van der Waals surface area contributed by atoms with Gasteiger partial charge in [0.2, 0.25) is 0 Å². The molecule has 0 atom stereocenters. The van der Waals surface area contributed by atoms with Crippen LogP contribution in [0.25, 0.3) is 0 Å². The molecule has 0 unspecified atom stereocenters. The van der Waals surface area contributed by atoms with Gasteiger partial charge in [0.05, 0.1) is 13.2 Å². The Morgan fingerprint density at radius 1 is 1.11 bits per heavy atom. The van der Waals surface area contributed by atoms with E-state index in [-0.39, 0.29) is 11.3 Å². The van der Waals surface area contributed by atoms with Crippen molar-refractivity contribution in [2.45, 2.75) is 56.9 Å². The van der Waals surface area contributed by atoms with Crippen LogP contribution in [0, 0.1) is 0 Å². The van der Waals surface area contributed by atoms with Gasteiger partial charge in [-0.2, -0.15) is 0 Å². The lowest BCUT2D eigenvalue weighted by Gasteiger charge is -2.50. The van der Waals surface area contributed by atoms with Gasteiger partial charge in [0, 0.05) is 44.1 Å². The fraction of sp³-hybridized carbons (Fsp3) is 1.00. The van der Waals surface area contributed by atoms with E-state index in [2.05, 4.69) is 24.1 Å². The maximum Gasteiger partial charge on any atom is 0.168 e. The Labute approximate surface area is 110 Å². The van der Waals surface area contributed by atoms with Crippen LogP contribution in [0.15, 0.2) is 0 Å². The fourth-order valence-corrected chi connectivity index (χ4v) is 3.81. The molecule has 1 aliphatic carbocycles. The van der Waals surface area contributed by atoms with Gasteiger partial charge in [0.25, 0.3) is 0 Å². The third-order valence-corrected chi connectivity index (χ3v) is 4.84. The molecule has 104 valence electrons. The van der Waals surface area contributed by atoms with Gasteiger partial charge in [0.15, 0.2) is 5.79 Å². The molecule has 1 spiro atoms. The first-order chi connectivity index (χ1) is 8.61. The highest BCUT2D eigenvalue weighted by Gasteiger charge is 2.44. The summed E-state index contributed by atoms with van der Waals surface area (Å²) in [5.74, 6) is -0.214. The van der Waals surface area contributed by atoms with Gasteiger partial charge < -0.3 is 14.8 Å². The van der Waals surface area contributed by atoms with E-state index in [9.17, 15) is 0 Å². The largest absolute Gasteiger partial charge is 0.348 e. The van der Waals surface area contributed by atoms with Crippen LogP contribution in [-0.2, 0) is 9.47 Å². The summed E-state index contributed by atoms with van der Waals surface area (Å²) in [6.45, 7) is 9.66. The highest BCUT2D eigenvalue weighted by Crippen LogP contribution is 2.39. The average Bonchev–Trinajstić information content (AvgIpc) is 2.79. The zero-order valence-corrected chi connectivity index (χ0v) is 11.7. The van der Waals surface area contributed by atoms with E-state index in [1.54, 1.807) is 0 Å². The van der Waals surface area contributed by atoms with Crippen molar-refractivity contribution in [2.24, 2.45) is 0 Å². The summed E-state index contributed by atoms with van der Waals surface area (Å²) < 4.78 is 11.6. The van der Waals surface area contributed by atoms with Gasteiger partial charge in [-0.05, 0) is 26.7 Å². The summed E-state index contributed by atoms with van der Waals surface area (Å²) in [4.78, 5) is 2.70. The van der Waals surface area contributed by atoms with E-state index in [0.717, 1.165) is 39.1 Å². The molecule has 0 amide bonds. The van der Waals surface area contributed by atoms with Gasteiger partial charge in [-0.25, -0.2) is 0 Å². The quantitative estimate of drug-likeness (QED) is 0.766. The molecule has 2 saturated heterocycles. The molecule has 1 saturated carbocycles. The third kappa shape index (κ3) is 2.31. The van der Waals surface area contributed by atoms with Crippen molar-refractivity contribution in [2.75, 3.05) is 32.8 Å². The summed E-state index contributed by atoms with van der Waals surface area (Å²) in [5, 5.41) is 3.50. The Bertz CT molecular complexity index is 290. The minimum Gasteiger partial charge on any atom is -0.348 e. The highest BCUT2D eigenvalue weighted by molar-refractivity contribution is 4.95. The first kappa shape index (κ1) is 12.9. The van der Waals surface area contributed by atoms with Crippen LogP contribution in [0.2, 0.25) is 0 Å². The van der Waals surface area contributed by atoms with Crippen LogP contribution >= 0.6 is 0 Å². The minimum absolute atomic E-state index is 0.214. The zero-order valence-electron chi connectivity index (χ0n) is 11.7. The lowest BCUT2D eigenvalue weighted by molar-refractivity contribution is -0.187. The van der Waals surface area contributed by atoms with Crippen LogP contribution in [0.5, 0.6) is 0 Å². The number of hydrogen-bond donors (Lipinski definition) is 1. The molecule has 0 aromatic heterocycles. The molecule has 0 aromatic carbocycles. The van der Waals surface area contributed by atoms with Crippen molar-refractivity contribution in [3.63, 3.8) is 0 Å². The molecule has 0 bridgehead atoms. The zero-order chi connectivity index (χ0) is 12.6. The molecule has 2 heterocycles. The summed E-state index contributed by atoms with van der Waals surface area (Å²) in [7, 11) is 0. The predicted octanol–water partition coefficient (Wildman–Crippen LogP) is 1.36. The first-order valence-corrected chi connectivity index (χ1v) is 7.37. The lowest BCUT2D eigenvalue weighted by atomic mass is 9.85. The van der Waals surface area contributed by atoms with Gasteiger partial charge in [-0.15, -0.1) is 0 Å². The maximum atomic E-state index is 5.82. The van der Waals surface area contributed by atoms with E-state index in [0.29, 0.717) is 6.04 Å². The number of nitrogens with zero attached hydrogens (tertiary/aromatic N) is 1. The second-order valence-electron chi connectivity index (χ2n) is 6.52. The summed E-state index contributed by atoms with van der Waals surface area (Å²) in [6, 6.07) is 0.709. The molecule has 1 N–H and O–H groups in total. The maximum absolute atomic E-state index is 5.82. The Kier molecular flexibility index (Phi) is 3.39. The van der Waals surface area contributed by atoms with Crippen LogP contribution in [-0.4, -0.2) is 55.1 Å². The van der Waals surface area contributed by atoms with E-state index >= 15 is 0 Å². The lowest BCUT2D eigenvalue weighted by Crippen LogP contribution is -2.62. The summed E-state index contributed by atoms with van der Waals surface area (Å²) in [5.41, 5.74) is 0.283. The van der Waals surface area contributed by atoms with Gasteiger partial charge in [-0.1, -0.05) is 0 Å². The second kappa shape index (κ2) is 4.75. The van der Waals surface area contributed by atoms with E-state index in [1.807, 2.05) is 0 Å². The number of hydrogen-bond acceptors (Lipinski definition) is 4. The smallest absolute Gasteiger partial charge is 0.168 e. The predicted molar refractivity (Wildman–Crippen MR) is 70.5 cm³/mol. The normalized spacial score (nSPS) is 33.0. The molecule has 4 nitrogen and oxygen atoms in total. The van der Waals surface area contributed by atoms with Crippen LogP contribution in [0.3, 0.4) is 0 Å².